The summed E-state index contributed by atoms with van der Waals surface area (Å²) < 4.78 is 6.28. The summed E-state index contributed by atoms with van der Waals surface area (Å²) >= 11 is 3.51. The fourth-order valence-electron chi connectivity index (χ4n) is 2.15. The standard InChI is InChI=1S/C14H23BrN2O/c1-11(2)17(7-8-18-3)14(10-16)12-5-4-6-13(15)9-12/h4-6,9,11,14H,7-8,10,16H2,1-3H3. The maximum absolute atomic E-state index is 5.97. The average molecular weight is 315 g/mol. The zero-order chi connectivity index (χ0) is 13.5. The minimum atomic E-state index is 0.234. The Labute approximate surface area is 118 Å². The highest BCUT2D eigenvalue weighted by atomic mass is 79.9. The highest BCUT2D eigenvalue weighted by molar-refractivity contribution is 9.10. The monoisotopic (exact) mass is 314 g/mol. The number of rotatable bonds is 7. The van der Waals surface area contributed by atoms with Crippen molar-refractivity contribution < 1.29 is 4.74 Å². The molecule has 1 rings (SSSR count). The maximum atomic E-state index is 5.97. The van der Waals surface area contributed by atoms with Crippen molar-refractivity contribution in [3.63, 3.8) is 0 Å². The number of halogens is 1. The molecule has 4 heteroatoms. The van der Waals surface area contributed by atoms with Gasteiger partial charge in [0, 0.05) is 36.8 Å². The molecule has 1 atom stereocenters. The van der Waals surface area contributed by atoms with Gasteiger partial charge in [-0.05, 0) is 31.5 Å². The highest BCUT2D eigenvalue weighted by Gasteiger charge is 2.21. The van der Waals surface area contributed by atoms with Crippen LogP contribution in [-0.4, -0.2) is 37.7 Å². The van der Waals surface area contributed by atoms with Crippen LogP contribution in [0.5, 0.6) is 0 Å². The van der Waals surface area contributed by atoms with Crippen LogP contribution in [-0.2, 0) is 4.74 Å². The minimum Gasteiger partial charge on any atom is -0.383 e. The molecule has 0 aliphatic heterocycles. The van der Waals surface area contributed by atoms with Gasteiger partial charge in [-0.25, -0.2) is 0 Å². The highest BCUT2D eigenvalue weighted by Crippen LogP contribution is 2.24. The number of hydrogen-bond acceptors (Lipinski definition) is 3. The second-order valence-electron chi connectivity index (χ2n) is 4.63. The molecule has 1 unspecified atom stereocenters. The molecular weight excluding hydrogens is 292 g/mol. The lowest BCUT2D eigenvalue weighted by atomic mass is 10.0. The molecule has 0 aromatic heterocycles. The van der Waals surface area contributed by atoms with Gasteiger partial charge in [-0.3, -0.25) is 4.90 Å². The van der Waals surface area contributed by atoms with Gasteiger partial charge in [0.1, 0.15) is 0 Å². The SMILES string of the molecule is COCCN(C(C)C)C(CN)c1cccc(Br)c1. The van der Waals surface area contributed by atoms with Crippen LogP contribution in [0.3, 0.4) is 0 Å². The van der Waals surface area contributed by atoms with Gasteiger partial charge in [-0.2, -0.15) is 0 Å². The molecule has 18 heavy (non-hydrogen) atoms. The van der Waals surface area contributed by atoms with Crippen LogP contribution in [0.1, 0.15) is 25.5 Å². The van der Waals surface area contributed by atoms with E-state index < -0.39 is 0 Å². The summed E-state index contributed by atoms with van der Waals surface area (Å²) in [7, 11) is 1.73. The van der Waals surface area contributed by atoms with Crippen molar-refractivity contribution in [1.29, 1.82) is 0 Å². The second kappa shape index (κ2) is 7.89. The Hall–Kier alpha value is -0.420. The molecule has 102 valence electrons. The largest absolute Gasteiger partial charge is 0.383 e. The Bertz CT molecular complexity index is 357. The van der Waals surface area contributed by atoms with E-state index in [1.165, 1.54) is 5.56 Å². The number of methoxy groups -OCH3 is 1. The summed E-state index contributed by atoms with van der Waals surface area (Å²) in [6.45, 7) is 6.61. The number of benzene rings is 1. The van der Waals surface area contributed by atoms with Crippen molar-refractivity contribution in [3.05, 3.63) is 34.3 Å². The van der Waals surface area contributed by atoms with Crippen LogP contribution in [0.4, 0.5) is 0 Å². The molecule has 0 bridgehead atoms. The lowest BCUT2D eigenvalue weighted by Crippen LogP contribution is -2.40. The lowest BCUT2D eigenvalue weighted by Gasteiger charge is -2.34. The van der Waals surface area contributed by atoms with Crippen molar-refractivity contribution in [2.24, 2.45) is 5.73 Å². The van der Waals surface area contributed by atoms with E-state index in [-0.39, 0.29) is 6.04 Å². The van der Waals surface area contributed by atoms with E-state index in [1.807, 2.05) is 6.07 Å². The van der Waals surface area contributed by atoms with Crippen LogP contribution in [0, 0.1) is 0 Å². The second-order valence-corrected chi connectivity index (χ2v) is 5.55. The van der Waals surface area contributed by atoms with Crippen LogP contribution in [0.25, 0.3) is 0 Å². The van der Waals surface area contributed by atoms with Crippen molar-refractivity contribution in [2.75, 3.05) is 26.8 Å². The van der Waals surface area contributed by atoms with Gasteiger partial charge in [0.25, 0.3) is 0 Å². The van der Waals surface area contributed by atoms with E-state index in [0.717, 1.165) is 17.6 Å². The van der Waals surface area contributed by atoms with Crippen molar-refractivity contribution in [1.82, 2.24) is 4.90 Å². The van der Waals surface area contributed by atoms with Crippen LogP contribution in [0.15, 0.2) is 28.7 Å². The van der Waals surface area contributed by atoms with Gasteiger partial charge in [-0.15, -0.1) is 0 Å². The maximum Gasteiger partial charge on any atom is 0.0590 e. The van der Waals surface area contributed by atoms with Gasteiger partial charge >= 0.3 is 0 Å². The molecule has 1 aromatic carbocycles. The van der Waals surface area contributed by atoms with Crippen molar-refractivity contribution in [2.45, 2.75) is 25.9 Å². The summed E-state index contributed by atoms with van der Waals surface area (Å²) in [5, 5.41) is 0. The van der Waals surface area contributed by atoms with E-state index >= 15 is 0 Å². The first-order chi connectivity index (χ1) is 8.60. The van der Waals surface area contributed by atoms with Crippen molar-refractivity contribution in [3.8, 4) is 0 Å². The molecule has 2 N–H and O–H groups in total. The molecule has 0 fully saturated rings. The third kappa shape index (κ3) is 4.35. The lowest BCUT2D eigenvalue weighted by molar-refractivity contribution is 0.0979. The third-order valence-corrected chi connectivity index (χ3v) is 3.57. The first-order valence-corrected chi connectivity index (χ1v) is 7.09. The fourth-order valence-corrected chi connectivity index (χ4v) is 2.56. The predicted molar refractivity (Wildman–Crippen MR) is 79.7 cm³/mol. The first-order valence-electron chi connectivity index (χ1n) is 6.30. The summed E-state index contributed by atoms with van der Waals surface area (Å²) in [6, 6.07) is 9.03. The molecule has 0 heterocycles. The van der Waals surface area contributed by atoms with Gasteiger partial charge in [-0.1, -0.05) is 28.1 Å². The average Bonchev–Trinajstić information content (AvgIpc) is 2.34. The molecular formula is C14H23BrN2O. The minimum absolute atomic E-state index is 0.234. The van der Waals surface area contributed by atoms with E-state index in [0.29, 0.717) is 12.6 Å². The van der Waals surface area contributed by atoms with E-state index in [9.17, 15) is 0 Å². The van der Waals surface area contributed by atoms with Gasteiger partial charge in [0.05, 0.1) is 6.61 Å². The summed E-state index contributed by atoms with van der Waals surface area (Å²) in [5.41, 5.74) is 7.21. The third-order valence-electron chi connectivity index (χ3n) is 3.07. The Morgan fingerprint density at radius 2 is 2.11 bits per heavy atom. The Morgan fingerprint density at radius 3 is 2.61 bits per heavy atom. The smallest absolute Gasteiger partial charge is 0.0590 e. The van der Waals surface area contributed by atoms with E-state index in [2.05, 4.69) is 52.9 Å². The molecule has 0 radical (unpaired) electrons. The normalized spacial score (nSPS) is 13.3. The Kier molecular flexibility index (Phi) is 6.86. The van der Waals surface area contributed by atoms with Crippen LogP contribution < -0.4 is 5.73 Å². The molecule has 0 amide bonds. The predicted octanol–water partition coefficient (Wildman–Crippen LogP) is 2.81. The topological polar surface area (TPSA) is 38.5 Å². The van der Waals surface area contributed by atoms with Crippen LogP contribution in [0.2, 0.25) is 0 Å². The summed E-state index contributed by atoms with van der Waals surface area (Å²) in [4.78, 5) is 2.38. The fraction of sp³-hybridized carbons (Fsp3) is 0.571. The molecule has 1 aromatic rings. The number of hydrogen-bond donors (Lipinski definition) is 1. The van der Waals surface area contributed by atoms with E-state index in [4.69, 9.17) is 10.5 Å². The molecule has 3 nitrogen and oxygen atoms in total. The van der Waals surface area contributed by atoms with E-state index in [1.54, 1.807) is 7.11 Å². The van der Waals surface area contributed by atoms with Gasteiger partial charge in [0.2, 0.25) is 0 Å². The molecule has 0 aliphatic carbocycles. The number of nitrogens with zero attached hydrogens (tertiary/aromatic N) is 1. The first kappa shape index (κ1) is 15.6. The van der Waals surface area contributed by atoms with Gasteiger partial charge < -0.3 is 10.5 Å². The Balaban J connectivity index is 2.90. The number of ether oxygens (including phenoxy) is 1. The molecule has 0 saturated heterocycles. The summed E-state index contributed by atoms with van der Waals surface area (Å²) in [5.74, 6) is 0. The molecule has 0 spiro atoms. The molecule has 0 aliphatic rings. The quantitative estimate of drug-likeness (QED) is 0.841. The molecule has 0 saturated carbocycles. The van der Waals surface area contributed by atoms with Gasteiger partial charge in [0.15, 0.2) is 0 Å². The zero-order valence-corrected chi connectivity index (χ0v) is 13.0. The van der Waals surface area contributed by atoms with Crippen molar-refractivity contribution >= 4 is 15.9 Å². The Morgan fingerprint density at radius 1 is 1.39 bits per heavy atom. The summed E-state index contributed by atoms with van der Waals surface area (Å²) in [6.07, 6.45) is 0. The number of nitrogens with two attached hydrogens (primary N) is 1. The zero-order valence-electron chi connectivity index (χ0n) is 11.4. The van der Waals surface area contributed by atoms with Crippen LogP contribution >= 0.6 is 15.9 Å².